The fourth-order valence-electron chi connectivity index (χ4n) is 2.93. The van der Waals surface area contributed by atoms with Gasteiger partial charge < -0.3 is 10.0 Å². The lowest BCUT2D eigenvalue weighted by atomic mass is 9.99. The molecule has 2 atom stereocenters. The van der Waals surface area contributed by atoms with Gasteiger partial charge in [0.15, 0.2) is 5.60 Å². The minimum absolute atomic E-state index is 0.0620. The van der Waals surface area contributed by atoms with Crippen molar-refractivity contribution in [2.45, 2.75) is 35.9 Å². The highest BCUT2D eigenvalue weighted by molar-refractivity contribution is 7.91. The van der Waals surface area contributed by atoms with Crippen LogP contribution < -0.4 is 4.90 Å². The van der Waals surface area contributed by atoms with Gasteiger partial charge in [-0.15, -0.1) is 17.3 Å². The Hall–Kier alpha value is -2.20. The third kappa shape index (κ3) is 4.15. The SMILES string of the molecule is CC#C[C@@H]1CN(S(=O)(=O)c2cccs2)CCN1c1ncc([C@](C)(O)C(F)(F)F)cn1. The Kier molecular flexibility index (Phi) is 6.10. The zero-order valence-corrected chi connectivity index (χ0v) is 17.7. The van der Waals surface area contributed by atoms with Crippen molar-refractivity contribution in [1.82, 2.24) is 14.3 Å². The molecule has 0 amide bonds. The summed E-state index contributed by atoms with van der Waals surface area (Å²) in [6.07, 6.45) is -3.04. The Morgan fingerprint density at radius 1 is 1.27 bits per heavy atom. The van der Waals surface area contributed by atoms with E-state index < -0.39 is 33.4 Å². The quantitative estimate of drug-likeness (QED) is 0.705. The Morgan fingerprint density at radius 2 is 1.93 bits per heavy atom. The molecule has 1 saturated heterocycles. The first-order chi connectivity index (χ1) is 14.0. The summed E-state index contributed by atoms with van der Waals surface area (Å²) in [7, 11) is -3.66. The van der Waals surface area contributed by atoms with Crippen molar-refractivity contribution < 1.29 is 26.7 Å². The molecule has 30 heavy (non-hydrogen) atoms. The van der Waals surface area contributed by atoms with E-state index in [9.17, 15) is 26.7 Å². The fraction of sp³-hybridized carbons (Fsp3) is 0.444. The number of alkyl halides is 3. The molecule has 3 heterocycles. The minimum Gasteiger partial charge on any atom is -0.376 e. The van der Waals surface area contributed by atoms with Crippen molar-refractivity contribution in [2.75, 3.05) is 24.5 Å². The van der Waals surface area contributed by atoms with E-state index >= 15 is 0 Å². The minimum atomic E-state index is -4.88. The van der Waals surface area contributed by atoms with Crippen LogP contribution in [0.3, 0.4) is 0 Å². The van der Waals surface area contributed by atoms with Crippen molar-refractivity contribution >= 4 is 27.3 Å². The van der Waals surface area contributed by atoms with Gasteiger partial charge >= 0.3 is 6.18 Å². The first-order valence-electron chi connectivity index (χ1n) is 8.82. The van der Waals surface area contributed by atoms with Crippen LogP contribution in [0.1, 0.15) is 19.4 Å². The summed E-state index contributed by atoms with van der Waals surface area (Å²) in [4.78, 5) is 9.59. The third-order valence-electron chi connectivity index (χ3n) is 4.75. The van der Waals surface area contributed by atoms with Crippen LogP contribution in [0.2, 0.25) is 0 Å². The fourth-order valence-corrected chi connectivity index (χ4v) is 5.51. The molecule has 162 valence electrons. The topological polar surface area (TPSA) is 86.6 Å². The number of hydrogen-bond donors (Lipinski definition) is 1. The van der Waals surface area contributed by atoms with Gasteiger partial charge in [-0.25, -0.2) is 18.4 Å². The molecule has 0 aromatic carbocycles. The molecule has 0 aliphatic carbocycles. The second-order valence-electron chi connectivity index (χ2n) is 6.74. The summed E-state index contributed by atoms with van der Waals surface area (Å²) in [5, 5.41) is 11.4. The predicted molar refractivity (Wildman–Crippen MR) is 105 cm³/mol. The predicted octanol–water partition coefficient (Wildman–Crippen LogP) is 2.21. The van der Waals surface area contributed by atoms with E-state index in [1.54, 1.807) is 23.3 Å². The average molecular weight is 461 g/mol. The second-order valence-corrected chi connectivity index (χ2v) is 9.85. The van der Waals surface area contributed by atoms with Gasteiger partial charge in [-0.05, 0) is 25.3 Å². The number of halogens is 3. The van der Waals surface area contributed by atoms with Gasteiger partial charge in [-0.1, -0.05) is 12.0 Å². The number of rotatable bonds is 4. The smallest absolute Gasteiger partial charge is 0.376 e. The average Bonchev–Trinajstić information content (AvgIpc) is 3.23. The number of thiophene rings is 1. The molecule has 1 aliphatic heterocycles. The lowest BCUT2D eigenvalue weighted by Gasteiger charge is -2.38. The molecule has 1 aliphatic rings. The van der Waals surface area contributed by atoms with Gasteiger partial charge in [0.05, 0.1) is 0 Å². The van der Waals surface area contributed by atoms with Crippen LogP contribution >= 0.6 is 11.3 Å². The lowest BCUT2D eigenvalue weighted by molar-refractivity contribution is -0.259. The molecule has 1 fully saturated rings. The monoisotopic (exact) mass is 460 g/mol. The molecule has 2 aromatic heterocycles. The standard InChI is InChI=1S/C18H19F3N4O3S2/c1-3-5-14-12-24(30(27,28)15-6-4-9-29-15)7-8-25(14)16-22-10-13(11-23-16)17(2,26)18(19,20)21/h4,6,9-11,14,26H,7-8,12H2,1-2H3/t14-,17+/m1/s1. The van der Waals surface area contributed by atoms with E-state index in [-0.39, 0.29) is 29.8 Å². The third-order valence-corrected chi connectivity index (χ3v) is 7.99. The number of sulfonamides is 1. The van der Waals surface area contributed by atoms with Crippen LogP contribution in [0.15, 0.2) is 34.1 Å². The molecular weight excluding hydrogens is 441 g/mol. The molecule has 0 bridgehead atoms. The van der Waals surface area contributed by atoms with Crippen molar-refractivity contribution in [3.63, 3.8) is 0 Å². The van der Waals surface area contributed by atoms with E-state index in [1.807, 2.05) is 0 Å². The van der Waals surface area contributed by atoms with Crippen molar-refractivity contribution in [1.29, 1.82) is 0 Å². The summed E-state index contributed by atoms with van der Waals surface area (Å²) in [5.74, 6) is 5.77. The Labute approximate surface area is 176 Å². The highest BCUT2D eigenvalue weighted by atomic mass is 32.2. The van der Waals surface area contributed by atoms with Gasteiger partial charge in [0.25, 0.3) is 10.0 Å². The zero-order chi connectivity index (χ0) is 22.2. The molecule has 1 N–H and O–H groups in total. The van der Waals surface area contributed by atoms with E-state index in [0.717, 1.165) is 23.7 Å². The van der Waals surface area contributed by atoms with Gasteiger partial charge in [0, 0.05) is 37.6 Å². The number of anilines is 1. The zero-order valence-electron chi connectivity index (χ0n) is 16.1. The van der Waals surface area contributed by atoms with E-state index in [0.29, 0.717) is 6.92 Å². The number of nitrogens with zero attached hydrogens (tertiary/aromatic N) is 4. The first-order valence-corrected chi connectivity index (χ1v) is 11.1. The van der Waals surface area contributed by atoms with Crippen molar-refractivity contribution in [3.05, 3.63) is 35.5 Å². The highest BCUT2D eigenvalue weighted by Gasteiger charge is 2.51. The normalized spacial score (nSPS) is 20.3. The van der Waals surface area contributed by atoms with Gasteiger partial charge in [-0.2, -0.15) is 17.5 Å². The van der Waals surface area contributed by atoms with E-state index in [1.165, 1.54) is 10.4 Å². The van der Waals surface area contributed by atoms with E-state index in [4.69, 9.17) is 0 Å². The number of hydrogen-bond acceptors (Lipinski definition) is 7. The second kappa shape index (κ2) is 8.14. The summed E-state index contributed by atoms with van der Waals surface area (Å²) >= 11 is 1.12. The summed E-state index contributed by atoms with van der Waals surface area (Å²) in [6.45, 7) is 2.65. The highest BCUT2D eigenvalue weighted by Crippen LogP contribution is 2.38. The Bertz CT molecular complexity index is 1040. The number of aromatic nitrogens is 2. The van der Waals surface area contributed by atoms with Gasteiger partial charge in [0.1, 0.15) is 10.3 Å². The van der Waals surface area contributed by atoms with Crippen LogP contribution in [-0.4, -0.2) is 59.6 Å². The molecule has 0 spiro atoms. The van der Waals surface area contributed by atoms with Gasteiger partial charge in [-0.3, -0.25) is 0 Å². The van der Waals surface area contributed by atoms with Crippen LogP contribution in [0, 0.1) is 11.8 Å². The Morgan fingerprint density at radius 3 is 2.47 bits per heavy atom. The molecule has 2 aromatic rings. The van der Waals surface area contributed by atoms with Crippen LogP contribution in [-0.2, 0) is 15.6 Å². The maximum absolute atomic E-state index is 13.0. The van der Waals surface area contributed by atoms with Crippen LogP contribution in [0.25, 0.3) is 0 Å². The Balaban J connectivity index is 1.84. The summed E-state index contributed by atoms with van der Waals surface area (Å²) in [5.41, 5.74) is -3.57. The van der Waals surface area contributed by atoms with Crippen LogP contribution in [0.4, 0.5) is 19.1 Å². The molecule has 0 radical (unpaired) electrons. The number of aliphatic hydroxyl groups is 1. The summed E-state index contributed by atoms with van der Waals surface area (Å²) in [6, 6.07) is 2.61. The summed E-state index contributed by atoms with van der Waals surface area (Å²) < 4.78 is 66.2. The van der Waals surface area contributed by atoms with E-state index in [2.05, 4.69) is 21.8 Å². The maximum atomic E-state index is 13.0. The molecule has 0 saturated carbocycles. The lowest BCUT2D eigenvalue weighted by Crippen LogP contribution is -2.54. The molecule has 0 unspecified atom stereocenters. The molecule has 3 rings (SSSR count). The van der Waals surface area contributed by atoms with Crippen LogP contribution in [0.5, 0.6) is 0 Å². The number of piperazine rings is 1. The molecule has 12 heteroatoms. The van der Waals surface area contributed by atoms with Gasteiger partial charge in [0.2, 0.25) is 5.95 Å². The van der Waals surface area contributed by atoms with Crippen molar-refractivity contribution in [3.8, 4) is 11.8 Å². The van der Waals surface area contributed by atoms with Crippen molar-refractivity contribution in [2.24, 2.45) is 0 Å². The largest absolute Gasteiger partial charge is 0.421 e. The molecular formula is C18H19F3N4O3S2. The molecule has 7 nitrogen and oxygen atoms in total. The maximum Gasteiger partial charge on any atom is 0.421 e. The first kappa shape index (κ1) is 22.5.